The lowest BCUT2D eigenvalue weighted by Crippen LogP contribution is -2.50. The van der Waals surface area contributed by atoms with Crippen molar-refractivity contribution in [3.63, 3.8) is 0 Å². The minimum absolute atomic E-state index is 0.0259. The highest BCUT2D eigenvalue weighted by molar-refractivity contribution is 5.75. The second kappa shape index (κ2) is 5.91. The van der Waals surface area contributed by atoms with E-state index in [4.69, 9.17) is 0 Å². The number of amides is 2. The lowest BCUT2D eigenvalue weighted by Gasteiger charge is -2.35. The van der Waals surface area contributed by atoms with Crippen molar-refractivity contribution in [2.75, 3.05) is 13.2 Å². The molecule has 0 aromatic rings. The van der Waals surface area contributed by atoms with Gasteiger partial charge in [0.1, 0.15) is 0 Å². The number of hydrogen-bond donors (Lipinski definition) is 2. The SMILES string of the molecule is CC1CCC(NC(=O)N2CCC[C@H]2CO)C(C)C1. The summed E-state index contributed by atoms with van der Waals surface area (Å²) in [6.07, 6.45) is 5.44. The van der Waals surface area contributed by atoms with Crippen LogP contribution >= 0.6 is 0 Å². The van der Waals surface area contributed by atoms with Gasteiger partial charge in [0.2, 0.25) is 0 Å². The number of hydrogen-bond acceptors (Lipinski definition) is 2. The molecule has 0 spiro atoms. The summed E-state index contributed by atoms with van der Waals surface area (Å²) in [5, 5.41) is 12.4. The molecule has 3 unspecified atom stereocenters. The first kappa shape index (κ1) is 13.7. The van der Waals surface area contributed by atoms with Crippen molar-refractivity contribution < 1.29 is 9.90 Å². The number of nitrogens with one attached hydrogen (secondary N) is 1. The summed E-state index contributed by atoms with van der Waals surface area (Å²) in [5.41, 5.74) is 0. The van der Waals surface area contributed by atoms with E-state index in [-0.39, 0.29) is 18.7 Å². The Morgan fingerprint density at radius 1 is 1.33 bits per heavy atom. The van der Waals surface area contributed by atoms with Crippen LogP contribution < -0.4 is 5.32 Å². The molecule has 4 atom stereocenters. The standard InChI is InChI=1S/C14H26N2O2/c1-10-5-6-13(11(2)8-10)15-14(18)16-7-3-4-12(16)9-17/h10-13,17H,3-9H2,1-2H3,(H,15,18)/t10?,11?,12-,13?/m0/s1. The number of carbonyl (C=O) groups is 1. The molecule has 18 heavy (non-hydrogen) atoms. The number of carbonyl (C=O) groups excluding carboxylic acids is 1. The second-order valence-electron chi connectivity index (χ2n) is 6.12. The van der Waals surface area contributed by atoms with Gasteiger partial charge in [-0.1, -0.05) is 13.8 Å². The Hall–Kier alpha value is -0.770. The van der Waals surface area contributed by atoms with Gasteiger partial charge in [-0.3, -0.25) is 0 Å². The maximum Gasteiger partial charge on any atom is 0.317 e. The molecule has 4 nitrogen and oxygen atoms in total. The van der Waals surface area contributed by atoms with Crippen molar-refractivity contribution in [3.05, 3.63) is 0 Å². The van der Waals surface area contributed by atoms with E-state index in [1.165, 1.54) is 12.8 Å². The number of urea groups is 1. The summed E-state index contributed by atoms with van der Waals surface area (Å²) in [6.45, 7) is 5.39. The Kier molecular flexibility index (Phi) is 4.49. The molecule has 2 N–H and O–H groups in total. The fourth-order valence-electron chi connectivity index (χ4n) is 3.41. The number of nitrogens with zero attached hydrogens (tertiary/aromatic N) is 1. The van der Waals surface area contributed by atoms with Gasteiger partial charge >= 0.3 is 6.03 Å². The minimum Gasteiger partial charge on any atom is -0.394 e. The molecule has 0 bridgehead atoms. The van der Waals surface area contributed by atoms with E-state index < -0.39 is 0 Å². The molecule has 2 fully saturated rings. The molecule has 2 amide bonds. The number of likely N-dealkylation sites (tertiary alicyclic amines) is 1. The molecule has 0 aromatic carbocycles. The summed E-state index contributed by atoms with van der Waals surface area (Å²) in [7, 11) is 0. The third kappa shape index (κ3) is 2.97. The Balaban J connectivity index is 1.87. The van der Waals surface area contributed by atoms with Crippen LogP contribution in [0.25, 0.3) is 0 Å². The summed E-state index contributed by atoms with van der Waals surface area (Å²) in [6, 6.07) is 0.370. The molecule has 0 aromatic heterocycles. The molecular weight excluding hydrogens is 228 g/mol. The Morgan fingerprint density at radius 3 is 2.78 bits per heavy atom. The van der Waals surface area contributed by atoms with Gasteiger partial charge < -0.3 is 15.3 Å². The van der Waals surface area contributed by atoms with Crippen LogP contribution in [0, 0.1) is 11.8 Å². The zero-order valence-corrected chi connectivity index (χ0v) is 11.6. The maximum absolute atomic E-state index is 12.2. The van der Waals surface area contributed by atoms with Crippen LogP contribution in [0.3, 0.4) is 0 Å². The fraction of sp³-hybridized carbons (Fsp3) is 0.929. The van der Waals surface area contributed by atoms with Crippen molar-refractivity contribution in [2.45, 2.75) is 58.0 Å². The third-order valence-corrected chi connectivity index (χ3v) is 4.59. The smallest absolute Gasteiger partial charge is 0.317 e. The average Bonchev–Trinajstić information content (AvgIpc) is 2.81. The van der Waals surface area contributed by atoms with E-state index in [0.717, 1.165) is 31.7 Å². The van der Waals surface area contributed by atoms with Gasteiger partial charge in [-0.05, 0) is 43.9 Å². The van der Waals surface area contributed by atoms with Gasteiger partial charge in [-0.25, -0.2) is 4.79 Å². The minimum atomic E-state index is 0.0259. The summed E-state index contributed by atoms with van der Waals surface area (Å²) >= 11 is 0. The van der Waals surface area contributed by atoms with Gasteiger partial charge in [-0.2, -0.15) is 0 Å². The molecule has 4 heteroatoms. The first-order valence-corrected chi connectivity index (χ1v) is 7.29. The molecule has 1 saturated heterocycles. The summed E-state index contributed by atoms with van der Waals surface area (Å²) in [5.74, 6) is 1.35. The lowest BCUT2D eigenvalue weighted by atomic mass is 9.80. The van der Waals surface area contributed by atoms with Crippen LogP contribution in [0.4, 0.5) is 4.79 Å². The fourth-order valence-corrected chi connectivity index (χ4v) is 3.41. The second-order valence-corrected chi connectivity index (χ2v) is 6.12. The summed E-state index contributed by atoms with van der Waals surface area (Å²) < 4.78 is 0. The Morgan fingerprint density at radius 2 is 2.11 bits per heavy atom. The number of rotatable bonds is 2. The van der Waals surface area contributed by atoms with Crippen molar-refractivity contribution in [3.8, 4) is 0 Å². The van der Waals surface area contributed by atoms with Crippen LogP contribution in [0.15, 0.2) is 0 Å². The highest BCUT2D eigenvalue weighted by atomic mass is 16.3. The third-order valence-electron chi connectivity index (χ3n) is 4.59. The number of aliphatic hydroxyl groups is 1. The van der Waals surface area contributed by atoms with E-state index in [0.29, 0.717) is 12.0 Å². The first-order valence-electron chi connectivity index (χ1n) is 7.29. The molecule has 2 aliphatic rings. The molecule has 0 radical (unpaired) electrons. The molecule has 1 aliphatic heterocycles. The van der Waals surface area contributed by atoms with Crippen molar-refractivity contribution >= 4 is 6.03 Å². The normalized spacial score (nSPS) is 36.7. The topological polar surface area (TPSA) is 52.6 Å². The van der Waals surface area contributed by atoms with Crippen LogP contribution in [-0.2, 0) is 0 Å². The largest absolute Gasteiger partial charge is 0.394 e. The highest BCUT2D eigenvalue weighted by Crippen LogP contribution is 2.29. The Labute approximate surface area is 110 Å². The van der Waals surface area contributed by atoms with Gasteiger partial charge in [0, 0.05) is 12.6 Å². The van der Waals surface area contributed by atoms with Crippen molar-refractivity contribution in [2.24, 2.45) is 11.8 Å². The Bertz CT molecular complexity index is 296. The maximum atomic E-state index is 12.2. The van der Waals surface area contributed by atoms with Gasteiger partial charge in [0.15, 0.2) is 0 Å². The zero-order valence-electron chi connectivity index (χ0n) is 11.6. The molecule has 2 rings (SSSR count). The van der Waals surface area contributed by atoms with E-state index in [1.54, 1.807) is 0 Å². The number of aliphatic hydroxyl groups excluding tert-OH is 1. The summed E-state index contributed by atoms with van der Waals surface area (Å²) in [4.78, 5) is 14.0. The molecular formula is C14H26N2O2. The lowest BCUT2D eigenvalue weighted by molar-refractivity contribution is 0.145. The van der Waals surface area contributed by atoms with E-state index >= 15 is 0 Å². The molecule has 1 heterocycles. The van der Waals surface area contributed by atoms with E-state index in [9.17, 15) is 9.90 Å². The van der Waals surface area contributed by atoms with Crippen LogP contribution in [0.2, 0.25) is 0 Å². The van der Waals surface area contributed by atoms with Crippen LogP contribution in [-0.4, -0.2) is 41.3 Å². The van der Waals surface area contributed by atoms with Crippen molar-refractivity contribution in [1.82, 2.24) is 10.2 Å². The van der Waals surface area contributed by atoms with Gasteiger partial charge in [-0.15, -0.1) is 0 Å². The first-order chi connectivity index (χ1) is 8.61. The van der Waals surface area contributed by atoms with Crippen LogP contribution in [0.5, 0.6) is 0 Å². The van der Waals surface area contributed by atoms with Gasteiger partial charge in [0.25, 0.3) is 0 Å². The molecule has 1 aliphatic carbocycles. The quantitative estimate of drug-likeness (QED) is 0.791. The zero-order chi connectivity index (χ0) is 13.1. The van der Waals surface area contributed by atoms with E-state index in [2.05, 4.69) is 19.2 Å². The highest BCUT2D eigenvalue weighted by Gasteiger charge is 2.32. The molecule has 104 valence electrons. The average molecular weight is 254 g/mol. The predicted octanol–water partition coefficient (Wildman–Crippen LogP) is 1.98. The predicted molar refractivity (Wildman–Crippen MR) is 71.3 cm³/mol. The van der Waals surface area contributed by atoms with Gasteiger partial charge in [0.05, 0.1) is 12.6 Å². The van der Waals surface area contributed by atoms with Crippen LogP contribution in [0.1, 0.15) is 46.0 Å². The van der Waals surface area contributed by atoms with Crippen molar-refractivity contribution in [1.29, 1.82) is 0 Å². The molecule has 1 saturated carbocycles. The monoisotopic (exact) mass is 254 g/mol. The van der Waals surface area contributed by atoms with E-state index in [1.807, 2.05) is 4.90 Å².